The summed E-state index contributed by atoms with van der Waals surface area (Å²) in [5, 5.41) is 3.46. The van der Waals surface area contributed by atoms with Crippen molar-refractivity contribution in [1.82, 2.24) is 5.32 Å². The van der Waals surface area contributed by atoms with Gasteiger partial charge in [0.15, 0.2) is 0 Å². The van der Waals surface area contributed by atoms with Crippen LogP contribution >= 0.6 is 0 Å². The van der Waals surface area contributed by atoms with Gasteiger partial charge in [0.2, 0.25) is 0 Å². The first-order chi connectivity index (χ1) is 5.21. The molecule has 1 N–H and O–H groups in total. The van der Waals surface area contributed by atoms with Crippen LogP contribution in [0.15, 0.2) is 0 Å². The SMILES string of the molecule is CC1CNC(C)(C2CCC2)O1. The highest BCUT2D eigenvalue weighted by atomic mass is 16.5. The molecule has 2 aliphatic rings. The fourth-order valence-corrected chi connectivity index (χ4v) is 2.05. The first-order valence-electron chi connectivity index (χ1n) is 4.63. The van der Waals surface area contributed by atoms with E-state index in [1.54, 1.807) is 0 Å². The van der Waals surface area contributed by atoms with Crippen LogP contribution in [0.3, 0.4) is 0 Å². The van der Waals surface area contributed by atoms with Gasteiger partial charge in [-0.1, -0.05) is 6.42 Å². The van der Waals surface area contributed by atoms with Crippen molar-refractivity contribution >= 4 is 0 Å². The minimum Gasteiger partial charge on any atom is -0.356 e. The molecule has 0 bridgehead atoms. The molecule has 1 aliphatic carbocycles. The fourth-order valence-electron chi connectivity index (χ4n) is 2.05. The van der Waals surface area contributed by atoms with Crippen LogP contribution in [0.2, 0.25) is 0 Å². The van der Waals surface area contributed by atoms with E-state index in [0.29, 0.717) is 6.10 Å². The molecule has 0 amide bonds. The van der Waals surface area contributed by atoms with Crippen molar-refractivity contribution in [2.45, 2.75) is 44.9 Å². The van der Waals surface area contributed by atoms with Crippen molar-refractivity contribution in [3.05, 3.63) is 0 Å². The largest absolute Gasteiger partial charge is 0.356 e. The second-order valence-electron chi connectivity index (χ2n) is 4.04. The van der Waals surface area contributed by atoms with Crippen LogP contribution in [0, 0.1) is 5.92 Å². The molecule has 11 heavy (non-hydrogen) atoms. The lowest BCUT2D eigenvalue weighted by atomic mass is 9.78. The second-order valence-corrected chi connectivity index (χ2v) is 4.04. The van der Waals surface area contributed by atoms with E-state index >= 15 is 0 Å². The van der Waals surface area contributed by atoms with Gasteiger partial charge < -0.3 is 4.74 Å². The van der Waals surface area contributed by atoms with Crippen LogP contribution < -0.4 is 5.32 Å². The Bertz CT molecular complexity index is 156. The van der Waals surface area contributed by atoms with Gasteiger partial charge in [0.1, 0.15) is 5.72 Å². The third-order valence-electron chi connectivity index (χ3n) is 3.07. The Balaban J connectivity index is 1.98. The van der Waals surface area contributed by atoms with Crippen LogP contribution in [0.5, 0.6) is 0 Å². The molecule has 2 atom stereocenters. The molecular weight excluding hydrogens is 138 g/mol. The normalized spacial score (nSPS) is 45.8. The lowest BCUT2D eigenvalue weighted by molar-refractivity contribution is -0.0937. The molecule has 64 valence electrons. The van der Waals surface area contributed by atoms with Crippen LogP contribution in [-0.4, -0.2) is 18.4 Å². The molecule has 0 spiro atoms. The van der Waals surface area contributed by atoms with Gasteiger partial charge in [-0.2, -0.15) is 0 Å². The lowest BCUT2D eigenvalue weighted by Crippen LogP contribution is -2.48. The topological polar surface area (TPSA) is 21.3 Å². The van der Waals surface area contributed by atoms with E-state index in [9.17, 15) is 0 Å². The number of hydrogen-bond acceptors (Lipinski definition) is 2. The van der Waals surface area contributed by atoms with Crippen molar-refractivity contribution in [2.24, 2.45) is 5.92 Å². The molecule has 0 radical (unpaired) electrons. The summed E-state index contributed by atoms with van der Waals surface area (Å²) >= 11 is 0. The maximum atomic E-state index is 5.84. The third kappa shape index (κ3) is 1.18. The van der Waals surface area contributed by atoms with Gasteiger partial charge in [-0.3, -0.25) is 5.32 Å². The average molecular weight is 155 g/mol. The molecule has 1 saturated carbocycles. The van der Waals surface area contributed by atoms with Gasteiger partial charge in [-0.25, -0.2) is 0 Å². The van der Waals surface area contributed by atoms with Gasteiger partial charge in [0.25, 0.3) is 0 Å². The summed E-state index contributed by atoms with van der Waals surface area (Å²) in [6.45, 7) is 5.35. The number of nitrogens with one attached hydrogen (secondary N) is 1. The van der Waals surface area contributed by atoms with E-state index in [1.807, 2.05) is 0 Å². The summed E-state index contributed by atoms with van der Waals surface area (Å²) < 4.78 is 5.84. The minimum atomic E-state index is 0.0116. The maximum absolute atomic E-state index is 5.84. The Labute approximate surface area is 68.3 Å². The Morgan fingerprint density at radius 3 is 2.55 bits per heavy atom. The molecule has 1 saturated heterocycles. The maximum Gasteiger partial charge on any atom is 0.119 e. The zero-order valence-corrected chi connectivity index (χ0v) is 7.39. The zero-order chi connectivity index (χ0) is 7.90. The zero-order valence-electron chi connectivity index (χ0n) is 7.39. The smallest absolute Gasteiger partial charge is 0.119 e. The molecule has 0 aromatic carbocycles. The lowest BCUT2D eigenvalue weighted by Gasteiger charge is -2.39. The van der Waals surface area contributed by atoms with Crippen molar-refractivity contribution in [3.8, 4) is 0 Å². The van der Waals surface area contributed by atoms with Gasteiger partial charge >= 0.3 is 0 Å². The van der Waals surface area contributed by atoms with Gasteiger partial charge in [0, 0.05) is 12.5 Å². The van der Waals surface area contributed by atoms with E-state index in [0.717, 1.165) is 12.5 Å². The highest BCUT2D eigenvalue weighted by Crippen LogP contribution is 2.39. The van der Waals surface area contributed by atoms with E-state index < -0.39 is 0 Å². The Morgan fingerprint density at radius 1 is 1.45 bits per heavy atom. The molecule has 2 nitrogen and oxygen atoms in total. The van der Waals surface area contributed by atoms with E-state index in [2.05, 4.69) is 19.2 Å². The number of hydrogen-bond donors (Lipinski definition) is 1. The number of ether oxygens (including phenoxy) is 1. The molecule has 0 aromatic rings. The summed E-state index contributed by atoms with van der Waals surface area (Å²) in [5.41, 5.74) is 0.0116. The summed E-state index contributed by atoms with van der Waals surface area (Å²) in [4.78, 5) is 0. The Hall–Kier alpha value is -0.0800. The average Bonchev–Trinajstić information content (AvgIpc) is 2.06. The summed E-state index contributed by atoms with van der Waals surface area (Å²) in [6, 6.07) is 0. The van der Waals surface area contributed by atoms with Crippen molar-refractivity contribution in [2.75, 3.05) is 6.54 Å². The van der Waals surface area contributed by atoms with Gasteiger partial charge in [-0.05, 0) is 26.7 Å². The van der Waals surface area contributed by atoms with Crippen molar-refractivity contribution in [3.63, 3.8) is 0 Å². The standard InChI is InChI=1S/C9H17NO/c1-7-6-10-9(2,11-7)8-4-3-5-8/h7-8,10H,3-6H2,1-2H3. The molecule has 2 heteroatoms. The monoisotopic (exact) mass is 155 g/mol. The fraction of sp³-hybridized carbons (Fsp3) is 1.00. The first kappa shape index (κ1) is 7.56. The van der Waals surface area contributed by atoms with Crippen LogP contribution in [-0.2, 0) is 4.74 Å². The first-order valence-corrected chi connectivity index (χ1v) is 4.63. The minimum absolute atomic E-state index is 0.0116. The molecule has 0 aromatic heterocycles. The summed E-state index contributed by atoms with van der Waals surface area (Å²) in [7, 11) is 0. The van der Waals surface area contributed by atoms with E-state index in [4.69, 9.17) is 4.74 Å². The predicted molar refractivity (Wildman–Crippen MR) is 44.3 cm³/mol. The van der Waals surface area contributed by atoms with E-state index in [-0.39, 0.29) is 5.72 Å². The highest BCUT2D eigenvalue weighted by Gasteiger charge is 2.43. The quantitative estimate of drug-likeness (QED) is 0.619. The van der Waals surface area contributed by atoms with Crippen LogP contribution in [0.1, 0.15) is 33.1 Å². The van der Waals surface area contributed by atoms with Crippen LogP contribution in [0.4, 0.5) is 0 Å². The Morgan fingerprint density at radius 2 is 2.18 bits per heavy atom. The van der Waals surface area contributed by atoms with E-state index in [1.165, 1.54) is 19.3 Å². The van der Waals surface area contributed by atoms with Crippen LogP contribution in [0.25, 0.3) is 0 Å². The Kier molecular flexibility index (Phi) is 1.69. The molecule has 2 unspecified atom stereocenters. The van der Waals surface area contributed by atoms with Crippen molar-refractivity contribution in [1.29, 1.82) is 0 Å². The summed E-state index contributed by atoms with van der Waals surface area (Å²) in [6.07, 6.45) is 4.48. The summed E-state index contributed by atoms with van der Waals surface area (Å²) in [5.74, 6) is 0.771. The highest BCUT2D eigenvalue weighted by molar-refractivity contribution is 4.91. The molecule has 1 aliphatic heterocycles. The molecule has 1 heterocycles. The molecular formula is C9H17NO. The van der Waals surface area contributed by atoms with Gasteiger partial charge in [0.05, 0.1) is 6.10 Å². The molecule has 2 rings (SSSR count). The van der Waals surface area contributed by atoms with Crippen molar-refractivity contribution < 1.29 is 4.74 Å². The number of rotatable bonds is 1. The second kappa shape index (κ2) is 2.46. The molecule has 2 fully saturated rings. The van der Waals surface area contributed by atoms with Gasteiger partial charge in [-0.15, -0.1) is 0 Å². The third-order valence-corrected chi connectivity index (χ3v) is 3.07. The predicted octanol–water partition coefficient (Wildman–Crippen LogP) is 1.51.